The molecule has 98 valence electrons. The van der Waals surface area contributed by atoms with Crippen molar-refractivity contribution in [3.8, 4) is 0 Å². The van der Waals surface area contributed by atoms with Crippen molar-refractivity contribution in [1.29, 1.82) is 0 Å². The van der Waals surface area contributed by atoms with E-state index in [0.717, 1.165) is 25.7 Å². The van der Waals surface area contributed by atoms with E-state index in [-0.39, 0.29) is 24.5 Å². The zero-order valence-corrected chi connectivity index (χ0v) is 10.6. The van der Waals surface area contributed by atoms with Crippen molar-refractivity contribution in [2.45, 2.75) is 58.0 Å². The number of nitrogens with zero attached hydrogens (tertiary/aromatic N) is 1. The van der Waals surface area contributed by atoms with E-state index in [1.54, 1.807) is 4.90 Å². The van der Waals surface area contributed by atoms with Crippen molar-refractivity contribution in [3.63, 3.8) is 0 Å². The highest BCUT2D eigenvalue weighted by molar-refractivity contribution is 5.76. The van der Waals surface area contributed by atoms with Gasteiger partial charge in [-0.3, -0.25) is 4.79 Å². The minimum atomic E-state index is -0.836. The lowest BCUT2D eigenvalue weighted by Gasteiger charge is -2.26. The second kappa shape index (κ2) is 6.47. The number of hydrogen-bond donors (Lipinski definition) is 2. The Balaban J connectivity index is 2.52. The van der Waals surface area contributed by atoms with Crippen molar-refractivity contribution in [2.75, 3.05) is 6.54 Å². The molecule has 0 aromatic rings. The van der Waals surface area contributed by atoms with E-state index in [0.29, 0.717) is 6.54 Å². The predicted octanol–water partition coefficient (Wildman–Crippen LogP) is 1.82. The Hall–Kier alpha value is -1.26. The monoisotopic (exact) mass is 242 g/mol. The molecule has 0 aromatic carbocycles. The third-order valence-corrected chi connectivity index (χ3v) is 3.36. The number of carboxylic acids is 1. The van der Waals surface area contributed by atoms with Crippen LogP contribution in [0.3, 0.4) is 0 Å². The first-order chi connectivity index (χ1) is 8.08. The standard InChI is InChI=1S/C12H22N2O3/c1-3-9(4-2)13-12(17)14-7-5-6-10(14)8-11(15)16/h9-10H,3-8H2,1-2H3,(H,13,17)(H,15,16). The molecule has 5 nitrogen and oxygen atoms in total. The van der Waals surface area contributed by atoms with Gasteiger partial charge < -0.3 is 15.3 Å². The first-order valence-electron chi connectivity index (χ1n) is 6.37. The molecule has 1 fully saturated rings. The Morgan fingerprint density at radius 2 is 2.06 bits per heavy atom. The zero-order chi connectivity index (χ0) is 12.8. The van der Waals surface area contributed by atoms with Crippen molar-refractivity contribution < 1.29 is 14.7 Å². The van der Waals surface area contributed by atoms with Gasteiger partial charge in [0.1, 0.15) is 0 Å². The molecule has 0 spiro atoms. The van der Waals surface area contributed by atoms with Crippen LogP contribution < -0.4 is 5.32 Å². The van der Waals surface area contributed by atoms with Gasteiger partial charge in [0.25, 0.3) is 0 Å². The van der Waals surface area contributed by atoms with Crippen molar-refractivity contribution in [3.05, 3.63) is 0 Å². The summed E-state index contributed by atoms with van der Waals surface area (Å²) in [5, 5.41) is 11.7. The summed E-state index contributed by atoms with van der Waals surface area (Å²) in [5.74, 6) is -0.836. The van der Waals surface area contributed by atoms with Gasteiger partial charge in [0.15, 0.2) is 0 Å². The number of amides is 2. The smallest absolute Gasteiger partial charge is 0.317 e. The Kier molecular flexibility index (Phi) is 5.25. The Morgan fingerprint density at radius 1 is 1.41 bits per heavy atom. The number of urea groups is 1. The molecule has 0 radical (unpaired) electrons. The quantitative estimate of drug-likeness (QED) is 0.772. The van der Waals surface area contributed by atoms with Crippen molar-refractivity contribution in [2.24, 2.45) is 0 Å². The third kappa shape index (κ3) is 3.91. The van der Waals surface area contributed by atoms with E-state index in [1.165, 1.54) is 0 Å². The molecule has 1 unspecified atom stereocenters. The molecule has 17 heavy (non-hydrogen) atoms. The molecule has 1 atom stereocenters. The Morgan fingerprint density at radius 3 is 2.59 bits per heavy atom. The van der Waals surface area contributed by atoms with Gasteiger partial charge in [0.2, 0.25) is 0 Å². The number of carbonyl (C=O) groups is 2. The molecule has 0 aromatic heterocycles. The van der Waals surface area contributed by atoms with Crippen LogP contribution in [0.2, 0.25) is 0 Å². The van der Waals surface area contributed by atoms with Crippen LogP contribution in [-0.4, -0.2) is 40.6 Å². The maximum absolute atomic E-state index is 12.0. The van der Waals surface area contributed by atoms with Gasteiger partial charge in [0.05, 0.1) is 6.42 Å². The second-order valence-electron chi connectivity index (χ2n) is 4.55. The first-order valence-corrected chi connectivity index (χ1v) is 6.37. The number of likely N-dealkylation sites (tertiary alicyclic amines) is 1. The number of nitrogens with one attached hydrogen (secondary N) is 1. The van der Waals surface area contributed by atoms with Crippen LogP contribution in [0.15, 0.2) is 0 Å². The Labute approximate surface area is 102 Å². The van der Waals surface area contributed by atoms with E-state index < -0.39 is 5.97 Å². The van der Waals surface area contributed by atoms with E-state index in [9.17, 15) is 9.59 Å². The molecular formula is C12H22N2O3. The van der Waals surface area contributed by atoms with Gasteiger partial charge in [0, 0.05) is 18.6 Å². The molecule has 1 heterocycles. The lowest BCUT2D eigenvalue weighted by molar-refractivity contribution is -0.137. The summed E-state index contributed by atoms with van der Waals surface area (Å²) in [5.41, 5.74) is 0. The molecule has 1 aliphatic rings. The molecule has 1 saturated heterocycles. The first kappa shape index (κ1) is 13.8. The van der Waals surface area contributed by atoms with Gasteiger partial charge in [-0.05, 0) is 25.7 Å². The van der Waals surface area contributed by atoms with Crippen LogP contribution in [0.25, 0.3) is 0 Å². The number of hydrogen-bond acceptors (Lipinski definition) is 2. The maximum atomic E-state index is 12.0. The van der Waals surface area contributed by atoms with Crippen LogP contribution in [0.1, 0.15) is 46.0 Å². The minimum Gasteiger partial charge on any atom is -0.481 e. The highest BCUT2D eigenvalue weighted by Gasteiger charge is 2.30. The molecule has 1 aliphatic heterocycles. The van der Waals surface area contributed by atoms with Gasteiger partial charge >= 0.3 is 12.0 Å². The van der Waals surface area contributed by atoms with Crippen LogP contribution >= 0.6 is 0 Å². The molecule has 0 saturated carbocycles. The number of aliphatic carboxylic acids is 1. The summed E-state index contributed by atoms with van der Waals surface area (Å²) in [6, 6.07) is -0.0575. The van der Waals surface area contributed by atoms with Crippen LogP contribution in [-0.2, 0) is 4.79 Å². The van der Waals surface area contributed by atoms with Crippen LogP contribution in [0.5, 0.6) is 0 Å². The van der Waals surface area contributed by atoms with E-state index >= 15 is 0 Å². The maximum Gasteiger partial charge on any atom is 0.317 e. The summed E-state index contributed by atoms with van der Waals surface area (Å²) in [7, 11) is 0. The fourth-order valence-corrected chi connectivity index (χ4v) is 2.27. The number of carbonyl (C=O) groups excluding carboxylic acids is 1. The molecule has 0 aliphatic carbocycles. The molecular weight excluding hydrogens is 220 g/mol. The van der Waals surface area contributed by atoms with Crippen LogP contribution in [0.4, 0.5) is 4.79 Å². The topological polar surface area (TPSA) is 69.6 Å². The zero-order valence-electron chi connectivity index (χ0n) is 10.6. The average molecular weight is 242 g/mol. The number of rotatable bonds is 5. The minimum absolute atomic E-state index is 0.0519. The van der Waals surface area contributed by atoms with Gasteiger partial charge in [-0.1, -0.05) is 13.8 Å². The predicted molar refractivity (Wildman–Crippen MR) is 64.9 cm³/mol. The molecule has 2 N–H and O–H groups in total. The molecule has 5 heteroatoms. The third-order valence-electron chi connectivity index (χ3n) is 3.36. The fourth-order valence-electron chi connectivity index (χ4n) is 2.27. The molecule has 2 amide bonds. The van der Waals surface area contributed by atoms with Gasteiger partial charge in [-0.2, -0.15) is 0 Å². The number of carboxylic acid groups (broad SMARTS) is 1. The Bertz CT molecular complexity index is 277. The highest BCUT2D eigenvalue weighted by atomic mass is 16.4. The van der Waals surface area contributed by atoms with E-state index in [1.807, 2.05) is 13.8 Å². The largest absolute Gasteiger partial charge is 0.481 e. The van der Waals surface area contributed by atoms with E-state index in [4.69, 9.17) is 5.11 Å². The molecule has 1 rings (SSSR count). The van der Waals surface area contributed by atoms with Gasteiger partial charge in [-0.15, -0.1) is 0 Å². The average Bonchev–Trinajstić information content (AvgIpc) is 2.72. The highest BCUT2D eigenvalue weighted by Crippen LogP contribution is 2.20. The van der Waals surface area contributed by atoms with Crippen LogP contribution in [0, 0.1) is 0 Å². The lowest BCUT2D eigenvalue weighted by Crippen LogP contribution is -2.47. The van der Waals surface area contributed by atoms with Crippen molar-refractivity contribution >= 4 is 12.0 Å². The van der Waals surface area contributed by atoms with Gasteiger partial charge in [-0.25, -0.2) is 4.79 Å². The van der Waals surface area contributed by atoms with E-state index in [2.05, 4.69) is 5.32 Å². The fraction of sp³-hybridized carbons (Fsp3) is 0.833. The normalized spacial score (nSPS) is 19.7. The lowest BCUT2D eigenvalue weighted by atomic mass is 10.1. The van der Waals surface area contributed by atoms with Crippen molar-refractivity contribution in [1.82, 2.24) is 10.2 Å². The summed E-state index contributed by atoms with van der Waals surface area (Å²) in [4.78, 5) is 24.4. The SMILES string of the molecule is CCC(CC)NC(=O)N1CCCC1CC(=O)O. The molecule has 0 bridgehead atoms. The summed E-state index contributed by atoms with van der Waals surface area (Å²) in [6.45, 7) is 4.74. The summed E-state index contributed by atoms with van der Waals surface area (Å²) < 4.78 is 0. The summed E-state index contributed by atoms with van der Waals surface area (Å²) >= 11 is 0. The second-order valence-corrected chi connectivity index (χ2v) is 4.55. The summed E-state index contributed by atoms with van der Waals surface area (Å²) in [6.07, 6.45) is 3.55.